The summed E-state index contributed by atoms with van der Waals surface area (Å²) in [5.41, 5.74) is -2.47. The quantitative estimate of drug-likeness (QED) is 0.0383. The highest BCUT2D eigenvalue weighted by molar-refractivity contribution is 5.77. The highest BCUT2D eigenvalue weighted by Crippen LogP contribution is 2.38. The second-order valence-corrected chi connectivity index (χ2v) is 18.3. The molecule has 0 spiro atoms. The van der Waals surface area contributed by atoms with Crippen molar-refractivity contribution in [3.63, 3.8) is 0 Å². The molecule has 0 radical (unpaired) electrons. The summed E-state index contributed by atoms with van der Waals surface area (Å²) in [7, 11) is 2.25. The molecule has 1 amide bonds. The lowest BCUT2D eigenvalue weighted by molar-refractivity contribution is -0.937. The van der Waals surface area contributed by atoms with Gasteiger partial charge in [-0.2, -0.15) is 8.78 Å². The van der Waals surface area contributed by atoms with Gasteiger partial charge in [0.05, 0.1) is 75.7 Å². The zero-order valence-electron chi connectivity index (χ0n) is 36.0. The van der Waals surface area contributed by atoms with Gasteiger partial charge >= 0.3 is 24.0 Å². The number of esters is 2. The summed E-state index contributed by atoms with van der Waals surface area (Å²) in [5, 5.41) is 32.2. The summed E-state index contributed by atoms with van der Waals surface area (Å²) in [5.74, 6) is -6.97. The van der Waals surface area contributed by atoms with E-state index >= 15 is 0 Å². The van der Waals surface area contributed by atoms with E-state index in [0.29, 0.717) is 44.5 Å². The van der Waals surface area contributed by atoms with Crippen LogP contribution in [0.5, 0.6) is 0 Å². The van der Waals surface area contributed by atoms with Crippen LogP contribution in [0.15, 0.2) is 36.0 Å². The van der Waals surface area contributed by atoms with Crippen molar-refractivity contribution in [1.82, 2.24) is 4.90 Å². The van der Waals surface area contributed by atoms with Crippen LogP contribution >= 0.6 is 0 Å². The molecule has 0 aromatic rings. The molecule has 0 aromatic heterocycles. The summed E-state index contributed by atoms with van der Waals surface area (Å²) in [6, 6.07) is 0.532. The zero-order chi connectivity index (χ0) is 43.1. The first-order valence-electron chi connectivity index (χ1n) is 21.5. The maximum absolute atomic E-state index is 14.3. The van der Waals surface area contributed by atoms with E-state index in [0.717, 1.165) is 30.4 Å². The Balaban J connectivity index is 1.56. The first kappa shape index (κ1) is 47.8. The average molecular weight is 826 g/mol. The van der Waals surface area contributed by atoms with Crippen LogP contribution in [-0.4, -0.2) is 136 Å². The fourth-order valence-corrected chi connectivity index (χ4v) is 8.73. The predicted molar refractivity (Wildman–Crippen MR) is 215 cm³/mol. The lowest BCUT2D eigenvalue weighted by Gasteiger charge is -2.47. The van der Waals surface area contributed by atoms with E-state index in [2.05, 4.69) is 7.05 Å². The smallest absolute Gasteiger partial charge is 0.410 e. The van der Waals surface area contributed by atoms with Crippen LogP contribution < -0.4 is 0 Å². The van der Waals surface area contributed by atoms with Crippen molar-refractivity contribution in [2.75, 3.05) is 33.2 Å². The van der Waals surface area contributed by atoms with Gasteiger partial charge < -0.3 is 38.8 Å². The van der Waals surface area contributed by atoms with Crippen molar-refractivity contribution < 1.29 is 61.9 Å². The van der Waals surface area contributed by atoms with E-state index in [1.165, 1.54) is 38.7 Å². The SMILES string of the molecule is CC[C@H](O)[C@@H](C)[C@H]1O[C@@H]1C[C@@](C)(O)/C=C/C=C(\C)[C@H]1OC(=O)C[C@H](O)CC[C@@](C)(OC(=O)C(C)(F)F)[C@@H](OC(=O)N2CC[N+](C)(C3CCCCCC3)CC2)/C=C/[C@@H]1C. The van der Waals surface area contributed by atoms with Crippen molar-refractivity contribution >= 4 is 18.0 Å². The van der Waals surface area contributed by atoms with Gasteiger partial charge in [0.25, 0.3) is 0 Å². The molecular formula is C44H71F2N2O10+. The van der Waals surface area contributed by atoms with Crippen molar-refractivity contribution in [1.29, 1.82) is 0 Å². The summed E-state index contributed by atoms with van der Waals surface area (Å²) < 4.78 is 52.7. The number of likely N-dealkylation sites (N-methyl/N-ethyl adjacent to an activating group) is 1. The van der Waals surface area contributed by atoms with Crippen LogP contribution in [-0.2, 0) is 28.5 Å². The molecule has 0 aromatic carbocycles. The predicted octanol–water partition coefficient (Wildman–Crippen LogP) is 6.40. The molecule has 1 saturated carbocycles. The number of halogens is 2. The Morgan fingerprint density at radius 3 is 2.36 bits per heavy atom. The molecule has 58 heavy (non-hydrogen) atoms. The van der Waals surface area contributed by atoms with Crippen LogP contribution in [0.4, 0.5) is 13.6 Å². The normalized spacial score (nSPS) is 33.4. The maximum Gasteiger partial charge on any atom is 0.410 e. The van der Waals surface area contributed by atoms with Crippen molar-refractivity contribution in [3.8, 4) is 0 Å². The molecule has 0 unspecified atom stereocenters. The van der Waals surface area contributed by atoms with Crippen LogP contribution in [0.25, 0.3) is 0 Å². The Bertz CT molecular complexity index is 1480. The monoisotopic (exact) mass is 826 g/mol. The van der Waals surface area contributed by atoms with Crippen molar-refractivity contribution in [3.05, 3.63) is 36.0 Å². The number of cyclic esters (lactones) is 1. The Morgan fingerprint density at radius 1 is 1.12 bits per heavy atom. The third-order valence-electron chi connectivity index (χ3n) is 13.0. The number of allylic oxidation sites excluding steroid dienone is 2. The molecule has 3 aliphatic heterocycles. The topological polar surface area (TPSA) is 155 Å². The van der Waals surface area contributed by atoms with Gasteiger partial charge in [-0.05, 0) is 77.4 Å². The van der Waals surface area contributed by atoms with E-state index in [4.69, 9.17) is 18.9 Å². The first-order valence-corrected chi connectivity index (χ1v) is 21.5. The van der Waals surface area contributed by atoms with E-state index in [9.17, 15) is 38.5 Å². The number of piperazine rings is 1. The third-order valence-corrected chi connectivity index (χ3v) is 13.0. The number of rotatable bonds is 12. The molecule has 12 nitrogen and oxygen atoms in total. The minimum atomic E-state index is -3.84. The Kier molecular flexibility index (Phi) is 16.6. The highest BCUT2D eigenvalue weighted by atomic mass is 19.3. The standard InChI is InChI=1S/C44H71F2N2O10/c1-9-34(50)31(4)39-35(55-39)28-42(5,54)21-14-15-29(2)38-30(3)18-19-36(43(6,58-40(52)44(7,45)46)22-20-33(49)27-37(51)57-38)56-41(53)47-23-25-48(8,26-24-47)32-16-12-10-11-13-17-32/h14-15,18-19,21,30-36,38-39,49-50,54H,9-13,16-17,20,22-28H2,1-8H3/q+1/b19-18+,21-14+,29-15+/t30-,31+,33+,34-,35+,36-,38+,39+,42-,43+/m0/s1. The van der Waals surface area contributed by atoms with Gasteiger partial charge in [0.15, 0.2) is 11.7 Å². The summed E-state index contributed by atoms with van der Waals surface area (Å²) in [6.07, 6.45) is 10.6. The van der Waals surface area contributed by atoms with Crippen molar-refractivity contribution in [2.24, 2.45) is 11.8 Å². The van der Waals surface area contributed by atoms with E-state index in [1.807, 2.05) is 13.8 Å². The van der Waals surface area contributed by atoms with Gasteiger partial charge in [0, 0.05) is 25.2 Å². The Morgan fingerprint density at radius 2 is 1.76 bits per heavy atom. The molecule has 1 aliphatic carbocycles. The van der Waals surface area contributed by atoms with Gasteiger partial charge in [-0.1, -0.05) is 57.9 Å². The van der Waals surface area contributed by atoms with Crippen LogP contribution in [0.1, 0.15) is 119 Å². The maximum atomic E-state index is 14.3. The first-order chi connectivity index (χ1) is 27.1. The Labute approximate surface area is 344 Å². The molecule has 0 bridgehead atoms. The molecule has 3 heterocycles. The lowest BCUT2D eigenvalue weighted by atomic mass is 9.88. The number of carbonyl (C=O) groups excluding carboxylic acids is 3. The summed E-state index contributed by atoms with van der Waals surface area (Å²) in [6.45, 7) is 13.2. The van der Waals surface area contributed by atoms with Crippen molar-refractivity contribution in [2.45, 2.75) is 179 Å². The molecule has 10 atom stereocenters. The second kappa shape index (κ2) is 20.1. The van der Waals surface area contributed by atoms with Gasteiger partial charge in [-0.15, -0.1) is 0 Å². The average Bonchev–Trinajstić information content (AvgIpc) is 3.96. The number of hydrogen-bond acceptors (Lipinski definition) is 10. The van der Waals surface area contributed by atoms with E-state index in [-0.39, 0.29) is 31.0 Å². The fraction of sp³-hybridized carbons (Fsp3) is 0.795. The molecular weight excluding hydrogens is 754 g/mol. The number of ether oxygens (including phenoxy) is 4. The number of aliphatic hydroxyl groups excluding tert-OH is 2. The van der Waals surface area contributed by atoms with Gasteiger partial charge in [0.1, 0.15) is 6.10 Å². The zero-order valence-corrected chi connectivity index (χ0v) is 36.0. The second-order valence-electron chi connectivity index (χ2n) is 18.3. The number of aliphatic hydroxyl groups is 3. The minimum absolute atomic E-state index is 0.0579. The Hall–Kier alpha value is -2.91. The van der Waals surface area contributed by atoms with Gasteiger partial charge in [0.2, 0.25) is 0 Å². The summed E-state index contributed by atoms with van der Waals surface area (Å²) >= 11 is 0. The number of amides is 1. The minimum Gasteiger partial charge on any atom is -0.457 e. The van der Waals surface area contributed by atoms with E-state index in [1.54, 1.807) is 50.0 Å². The fourth-order valence-electron chi connectivity index (χ4n) is 8.73. The van der Waals surface area contributed by atoms with Gasteiger partial charge in [-0.3, -0.25) is 9.69 Å². The number of hydrogen-bond donors (Lipinski definition) is 3. The molecule has 4 rings (SSSR count). The third kappa shape index (κ3) is 13.3. The lowest BCUT2D eigenvalue weighted by Crippen LogP contribution is -2.63. The van der Waals surface area contributed by atoms with Crippen LogP contribution in [0.3, 0.4) is 0 Å². The van der Waals surface area contributed by atoms with Crippen LogP contribution in [0.2, 0.25) is 0 Å². The van der Waals surface area contributed by atoms with Gasteiger partial charge in [-0.25, -0.2) is 9.59 Å². The largest absolute Gasteiger partial charge is 0.457 e. The van der Waals surface area contributed by atoms with E-state index < -0.39 is 71.9 Å². The molecule has 3 fully saturated rings. The molecule has 330 valence electrons. The van der Waals surface area contributed by atoms with Crippen LogP contribution in [0, 0.1) is 11.8 Å². The number of carbonyl (C=O) groups is 3. The molecule has 2 saturated heterocycles. The number of alkyl halides is 2. The number of nitrogens with zero attached hydrogens (tertiary/aromatic N) is 2. The highest BCUT2D eigenvalue weighted by Gasteiger charge is 2.48. The number of epoxide rings is 1. The molecule has 3 N–H and O–H groups in total. The molecule has 14 heteroatoms. The number of quaternary nitrogens is 1. The summed E-state index contributed by atoms with van der Waals surface area (Å²) in [4.78, 5) is 41.3. The molecule has 4 aliphatic rings.